The Labute approximate surface area is 64.0 Å². The van der Waals surface area contributed by atoms with Crippen LogP contribution in [0.1, 0.15) is 26.2 Å². The lowest BCUT2D eigenvalue weighted by atomic mass is 10.2. The molecule has 0 radical (unpaired) electrons. The first kappa shape index (κ1) is 8.66. The molecule has 0 aromatic rings. The van der Waals surface area contributed by atoms with E-state index in [1.807, 2.05) is 0 Å². The number of rotatable bonds is 4. The summed E-state index contributed by atoms with van der Waals surface area (Å²) in [5.41, 5.74) is 0. The molecule has 0 fully saturated rings. The predicted octanol–water partition coefficient (Wildman–Crippen LogP) is 2.95. The van der Waals surface area contributed by atoms with Gasteiger partial charge in [-0.3, -0.25) is 0 Å². The van der Waals surface area contributed by atoms with Gasteiger partial charge in [0.25, 0.3) is 0 Å². The van der Waals surface area contributed by atoms with Gasteiger partial charge in [-0.25, -0.2) is 4.39 Å². The van der Waals surface area contributed by atoms with Gasteiger partial charge in [-0.2, -0.15) is 0 Å². The van der Waals surface area contributed by atoms with Crippen LogP contribution in [0.2, 0.25) is 0 Å². The zero-order valence-electron chi connectivity index (χ0n) is 5.16. The van der Waals surface area contributed by atoms with Crippen LogP contribution < -0.4 is 0 Å². The smallest absolute Gasteiger partial charge is 0.109 e. The highest BCUT2D eigenvalue weighted by Crippen LogP contribution is 2.06. The minimum atomic E-state index is -0.560. The third-order valence-corrected chi connectivity index (χ3v) is 1.99. The molecule has 0 N–H and O–H groups in total. The topological polar surface area (TPSA) is 0 Å². The highest BCUT2D eigenvalue weighted by atomic mass is 127. The van der Waals surface area contributed by atoms with Crippen molar-refractivity contribution in [1.29, 1.82) is 0 Å². The van der Waals surface area contributed by atoms with Crippen molar-refractivity contribution in [2.45, 2.75) is 32.4 Å². The molecule has 8 heavy (non-hydrogen) atoms. The van der Waals surface area contributed by atoms with Crippen molar-refractivity contribution < 1.29 is 4.39 Å². The van der Waals surface area contributed by atoms with Gasteiger partial charge >= 0.3 is 0 Å². The summed E-state index contributed by atoms with van der Waals surface area (Å²) in [6, 6.07) is 0. The second-order valence-corrected chi connectivity index (χ2v) is 2.77. The van der Waals surface area contributed by atoms with Crippen molar-refractivity contribution in [2.75, 3.05) is 4.43 Å². The fraction of sp³-hybridized carbons (Fsp3) is 1.00. The van der Waals surface area contributed by atoms with E-state index < -0.39 is 6.17 Å². The first-order valence-corrected chi connectivity index (χ1v) is 4.53. The van der Waals surface area contributed by atoms with Crippen LogP contribution in [0.4, 0.5) is 4.39 Å². The van der Waals surface area contributed by atoms with Crippen LogP contribution in [-0.2, 0) is 0 Å². The summed E-state index contributed by atoms with van der Waals surface area (Å²) in [4.78, 5) is 0. The lowest BCUT2D eigenvalue weighted by Gasteiger charge is -1.99. The van der Waals surface area contributed by atoms with Gasteiger partial charge in [0.2, 0.25) is 0 Å². The molecule has 0 saturated heterocycles. The summed E-state index contributed by atoms with van der Waals surface area (Å²) in [6.07, 6.45) is 2.33. The Bertz CT molecular complexity index is 47.8. The molecule has 0 spiro atoms. The fourth-order valence-electron chi connectivity index (χ4n) is 0.503. The van der Waals surface area contributed by atoms with E-state index in [4.69, 9.17) is 0 Å². The van der Waals surface area contributed by atoms with Crippen LogP contribution in [0, 0.1) is 0 Å². The van der Waals surface area contributed by atoms with E-state index in [1.165, 1.54) is 0 Å². The zero-order chi connectivity index (χ0) is 6.41. The molecule has 0 rings (SSSR count). The number of alkyl halides is 2. The number of halogens is 2. The van der Waals surface area contributed by atoms with Crippen LogP contribution in [0.25, 0.3) is 0 Å². The second-order valence-electron chi connectivity index (χ2n) is 1.89. The Morgan fingerprint density at radius 2 is 2.25 bits per heavy atom. The minimum Gasteiger partial charge on any atom is -0.247 e. The van der Waals surface area contributed by atoms with Gasteiger partial charge in [-0.15, -0.1) is 0 Å². The molecule has 1 unspecified atom stereocenters. The average molecular weight is 230 g/mol. The van der Waals surface area contributed by atoms with E-state index in [9.17, 15) is 4.39 Å². The number of unbranched alkanes of at least 4 members (excludes halogenated alkanes) is 1. The predicted molar refractivity (Wildman–Crippen MR) is 43.3 cm³/mol. The second kappa shape index (κ2) is 5.79. The van der Waals surface area contributed by atoms with Crippen molar-refractivity contribution >= 4 is 22.6 Å². The molecule has 0 aliphatic carbocycles. The van der Waals surface area contributed by atoms with Gasteiger partial charge in [0.05, 0.1) is 0 Å². The number of hydrogen-bond donors (Lipinski definition) is 0. The quantitative estimate of drug-likeness (QED) is 0.514. The minimum absolute atomic E-state index is 0.560. The van der Waals surface area contributed by atoms with Gasteiger partial charge in [0.1, 0.15) is 6.17 Å². The van der Waals surface area contributed by atoms with Gasteiger partial charge < -0.3 is 0 Å². The summed E-state index contributed by atoms with van der Waals surface area (Å²) in [5.74, 6) is 0. The Hall–Kier alpha value is 0.660. The third kappa shape index (κ3) is 4.81. The summed E-state index contributed by atoms with van der Waals surface area (Å²) in [6.45, 7) is 2.08. The van der Waals surface area contributed by atoms with E-state index in [0.717, 1.165) is 19.3 Å². The Morgan fingerprint density at radius 1 is 1.62 bits per heavy atom. The van der Waals surface area contributed by atoms with Crippen LogP contribution in [-0.4, -0.2) is 10.6 Å². The van der Waals surface area contributed by atoms with E-state index >= 15 is 0 Å². The molecule has 0 saturated carbocycles. The molecule has 0 aliphatic heterocycles. The maximum absolute atomic E-state index is 12.3. The average Bonchev–Trinajstić information content (AvgIpc) is 1.83. The molecule has 0 aliphatic rings. The summed E-state index contributed by atoms with van der Waals surface area (Å²) < 4.78 is 13.0. The van der Waals surface area contributed by atoms with Crippen molar-refractivity contribution in [1.82, 2.24) is 0 Å². The lowest BCUT2D eigenvalue weighted by molar-refractivity contribution is 0.343. The molecular weight excluding hydrogens is 218 g/mol. The van der Waals surface area contributed by atoms with E-state index in [2.05, 4.69) is 29.5 Å². The summed E-state index contributed by atoms with van der Waals surface area (Å²) in [5, 5.41) is 0. The molecule has 2 heteroatoms. The zero-order valence-corrected chi connectivity index (χ0v) is 7.32. The van der Waals surface area contributed by atoms with Crippen LogP contribution in [0.3, 0.4) is 0 Å². The molecular formula is C6H12FI. The van der Waals surface area contributed by atoms with E-state index in [-0.39, 0.29) is 0 Å². The van der Waals surface area contributed by atoms with Crippen molar-refractivity contribution in [3.63, 3.8) is 0 Å². The SMILES string of the molecule is CCCCC(F)CI. The van der Waals surface area contributed by atoms with Gasteiger partial charge in [-0.1, -0.05) is 42.4 Å². The normalized spacial score (nSPS) is 13.9. The van der Waals surface area contributed by atoms with E-state index in [1.54, 1.807) is 0 Å². The Kier molecular flexibility index (Phi) is 6.27. The Morgan fingerprint density at radius 3 is 2.62 bits per heavy atom. The molecule has 1 atom stereocenters. The van der Waals surface area contributed by atoms with Crippen LogP contribution >= 0.6 is 22.6 Å². The highest BCUT2D eigenvalue weighted by Gasteiger charge is 2.00. The third-order valence-electron chi connectivity index (χ3n) is 1.04. The number of hydrogen-bond acceptors (Lipinski definition) is 0. The molecule has 0 nitrogen and oxygen atoms in total. The fourth-order valence-corrected chi connectivity index (χ4v) is 0.943. The first-order chi connectivity index (χ1) is 3.81. The molecule has 0 aromatic heterocycles. The molecule has 0 bridgehead atoms. The standard InChI is InChI=1S/C6H12FI/c1-2-3-4-6(7)5-8/h6H,2-5H2,1H3. The van der Waals surface area contributed by atoms with Crippen molar-refractivity contribution in [3.8, 4) is 0 Å². The molecule has 0 amide bonds. The Balaban J connectivity index is 2.86. The van der Waals surface area contributed by atoms with Crippen molar-refractivity contribution in [3.05, 3.63) is 0 Å². The molecule has 0 heterocycles. The van der Waals surface area contributed by atoms with Gasteiger partial charge in [0, 0.05) is 4.43 Å². The molecule has 50 valence electrons. The first-order valence-electron chi connectivity index (χ1n) is 3.01. The maximum Gasteiger partial charge on any atom is 0.109 e. The van der Waals surface area contributed by atoms with Crippen LogP contribution in [0.15, 0.2) is 0 Å². The van der Waals surface area contributed by atoms with Gasteiger partial charge in [-0.05, 0) is 6.42 Å². The monoisotopic (exact) mass is 230 g/mol. The largest absolute Gasteiger partial charge is 0.247 e. The summed E-state index contributed by atoms with van der Waals surface area (Å²) >= 11 is 2.08. The molecule has 0 aromatic carbocycles. The maximum atomic E-state index is 12.3. The highest BCUT2D eigenvalue weighted by molar-refractivity contribution is 14.1. The lowest BCUT2D eigenvalue weighted by Crippen LogP contribution is -1.99. The summed E-state index contributed by atoms with van der Waals surface area (Å²) in [7, 11) is 0. The van der Waals surface area contributed by atoms with Gasteiger partial charge in [0.15, 0.2) is 0 Å². The van der Waals surface area contributed by atoms with Crippen LogP contribution in [0.5, 0.6) is 0 Å². The van der Waals surface area contributed by atoms with Crippen molar-refractivity contribution in [2.24, 2.45) is 0 Å². The van der Waals surface area contributed by atoms with E-state index in [0.29, 0.717) is 4.43 Å².